The van der Waals surface area contributed by atoms with Crippen molar-refractivity contribution in [1.82, 2.24) is 9.97 Å². The molecule has 0 aliphatic carbocycles. The van der Waals surface area contributed by atoms with Gasteiger partial charge in [-0.3, -0.25) is 5.32 Å². The summed E-state index contributed by atoms with van der Waals surface area (Å²) in [5.41, 5.74) is 8.76. The maximum Gasteiger partial charge on any atom is 0.413 e. The van der Waals surface area contributed by atoms with Crippen molar-refractivity contribution in [3.63, 3.8) is 0 Å². The summed E-state index contributed by atoms with van der Waals surface area (Å²) in [7, 11) is 0. The van der Waals surface area contributed by atoms with E-state index in [-0.39, 0.29) is 35.9 Å². The van der Waals surface area contributed by atoms with Gasteiger partial charge in [-0.1, -0.05) is 13.8 Å². The first-order chi connectivity index (χ1) is 16.5. The van der Waals surface area contributed by atoms with E-state index in [4.69, 9.17) is 19.9 Å². The van der Waals surface area contributed by atoms with Crippen molar-refractivity contribution in [3.05, 3.63) is 35.9 Å². The minimum Gasteiger partial charge on any atom is -0.474 e. The Hall–Kier alpha value is -3.37. The van der Waals surface area contributed by atoms with Crippen LogP contribution in [0.25, 0.3) is 21.9 Å². The number of anilines is 3. The smallest absolute Gasteiger partial charge is 0.413 e. The molecule has 2 aliphatic rings. The van der Waals surface area contributed by atoms with E-state index in [9.17, 15) is 4.79 Å². The summed E-state index contributed by atoms with van der Waals surface area (Å²) >= 11 is 0. The van der Waals surface area contributed by atoms with Crippen LogP contribution in [0.1, 0.15) is 19.4 Å². The van der Waals surface area contributed by atoms with Crippen LogP contribution < -0.4 is 21.1 Å². The van der Waals surface area contributed by atoms with Crippen LogP contribution in [0.15, 0.2) is 24.5 Å². The molecule has 1 saturated heterocycles. The van der Waals surface area contributed by atoms with Crippen molar-refractivity contribution >= 4 is 46.5 Å². The predicted octanol–water partition coefficient (Wildman–Crippen LogP) is 4.39. The minimum absolute atomic E-state index is 0. The number of nitrogens with one attached hydrogen (secondary N) is 2. The molecule has 0 spiro atoms. The fourth-order valence-corrected chi connectivity index (χ4v) is 4.37. The van der Waals surface area contributed by atoms with Gasteiger partial charge in [-0.2, -0.15) is 0 Å². The predicted molar refractivity (Wildman–Crippen MR) is 134 cm³/mol. The summed E-state index contributed by atoms with van der Waals surface area (Å²) < 4.78 is 31.8. The van der Waals surface area contributed by atoms with Crippen LogP contribution in [0, 0.1) is 11.7 Å². The zero-order valence-corrected chi connectivity index (χ0v) is 20.2. The number of fused-ring (bicyclic) bond motifs is 2. The number of halogens is 2. The fraction of sp³-hybridized carbons (Fsp3) is 0.375. The normalized spacial score (nSPS) is 18.7. The van der Waals surface area contributed by atoms with Gasteiger partial charge in [0.15, 0.2) is 5.82 Å². The summed E-state index contributed by atoms with van der Waals surface area (Å²) in [4.78, 5) is 20.9. The fourth-order valence-electron chi connectivity index (χ4n) is 4.37. The number of aromatic nitrogens is 2. The van der Waals surface area contributed by atoms with E-state index in [1.165, 1.54) is 6.20 Å². The Morgan fingerprint density at radius 2 is 2.11 bits per heavy atom. The summed E-state index contributed by atoms with van der Waals surface area (Å²) in [6.07, 6.45) is 2.76. The van der Waals surface area contributed by atoms with Crippen molar-refractivity contribution in [2.24, 2.45) is 5.92 Å². The van der Waals surface area contributed by atoms with Gasteiger partial charge in [-0.05, 0) is 29.5 Å². The van der Waals surface area contributed by atoms with Crippen molar-refractivity contribution in [2.75, 3.05) is 42.7 Å². The van der Waals surface area contributed by atoms with Gasteiger partial charge < -0.3 is 25.3 Å². The highest BCUT2D eigenvalue weighted by atomic mass is 35.5. The summed E-state index contributed by atoms with van der Waals surface area (Å²) in [5.74, 6) is 0.365. The molecule has 4 heterocycles. The number of pyridine rings is 2. The van der Waals surface area contributed by atoms with E-state index >= 15 is 4.39 Å². The number of nitrogens with zero attached hydrogens (tertiary/aromatic N) is 2. The number of hydrogen-bond donors (Lipinski definition) is 3. The molecule has 35 heavy (non-hydrogen) atoms. The molecule has 1 fully saturated rings. The van der Waals surface area contributed by atoms with Gasteiger partial charge in [0.05, 0.1) is 18.9 Å². The van der Waals surface area contributed by atoms with E-state index in [2.05, 4.69) is 20.6 Å². The zero-order valence-electron chi connectivity index (χ0n) is 19.4. The zero-order chi connectivity index (χ0) is 23.8. The van der Waals surface area contributed by atoms with E-state index in [0.29, 0.717) is 60.6 Å². The Kier molecular flexibility index (Phi) is 7.13. The molecule has 3 aromatic rings. The summed E-state index contributed by atoms with van der Waals surface area (Å²) in [6, 6.07) is 3.33. The summed E-state index contributed by atoms with van der Waals surface area (Å²) in [5, 5.41) is 7.02. The highest BCUT2D eigenvalue weighted by Gasteiger charge is 2.28. The first kappa shape index (κ1) is 24.7. The molecule has 2 aromatic heterocycles. The molecule has 1 amide bonds. The number of nitrogens with two attached hydrogens (primary N) is 1. The topological polar surface area (TPSA) is 121 Å². The molecule has 0 saturated carbocycles. The second-order valence-electron chi connectivity index (χ2n) is 8.49. The van der Waals surface area contributed by atoms with Gasteiger partial charge in [-0.25, -0.2) is 19.2 Å². The van der Waals surface area contributed by atoms with Gasteiger partial charge in [0.1, 0.15) is 24.2 Å². The molecule has 9 nitrogen and oxygen atoms in total. The molecule has 0 bridgehead atoms. The van der Waals surface area contributed by atoms with Gasteiger partial charge in [0.2, 0.25) is 5.88 Å². The molecule has 2 aliphatic heterocycles. The highest BCUT2D eigenvalue weighted by Crippen LogP contribution is 2.40. The second-order valence-corrected chi connectivity index (χ2v) is 8.49. The number of benzene rings is 1. The third-order valence-electron chi connectivity index (χ3n) is 6.22. The molecular formula is C24H27ClFN5O4. The molecule has 0 radical (unpaired) electrons. The number of nitrogen functional groups attached to an aromatic ring is 1. The van der Waals surface area contributed by atoms with Crippen LogP contribution in [-0.2, 0) is 15.9 Å². The maximum atomic E-state index is 15.4. The van der Waals surface area contributed by atoms with Gasteiger partial charge in [-0.15, -0.1) is 12.4 Å². The maximum absolute atomic E-state index is 15.4. The Morgan fingerprint density at radius 3 is 2.86 bits per heavy atom. The van der Waals surface area contributed by atoms with E-state index in [1.807, 2.05) is 13.8 Å². The van der Waals surface area contributed by atoms with Crippen LogP contribution in [0.5, 0.6) is 5.88 Å². The van der Waals surface area contributed by atoms with Crippen molar-refractivity contribution in [1.29, 1.82) is 0 Å². The number of rotatable bonds is 4. The molecule has 186 valence electrons. The lowest BCUT2D eigenvalue weighted by Gasteiger charge is -2.23. The number of carbonyl (C=O) groups excluding carboxylic acids is 1. The van der Waals surface area contributed by atoms with Gasteiger partial charge >= 0.3 is 6.09 Å². The van der Waals surface area contributed by atoms with E-state index in [0.717, 1.165) is 11.3 Å². The van der Waals surface area contributed by atoms with Gasteiger partial charge in [0.25, 0.3) is 0 Å². The minimum atomic E-state index is -0.622. The third kappa shape index (κ3) is 4.63. The molecule has 4 N–H and O–H groups in total. The van der Waals surface area contributed by atoms with E-state index < -0.39 is 11.9 Å². The highest BCUT2D eigenvalue weighted by molar-refractivity contribution is 5.99. The molecule has 11 heteroatoms. The van der Waals surface area contributed by atoms with E-state index in [1.54, 1.807) is 18.3 Å². The first-order valence-corrected chi connectivity index (χ1v) is 11.3. The van der Waals surface area contributed by atoms with Crippen molar-refractivity contribution in [2.45, 2.75) is 26.4 Å². The lowest BCUT2D eigenvalue weighted by molar-refractivity contribution is 0.0843. The average Bonchev–Trinajstić information content (AvgIpc) is 3.24. The van der Waals surface area contributed by atoms with Crippen LogP contribution >= 0.6 is 12.4 Å². The SMILES string of the molecule is CCc1c(-c2cc3cc(NC(=O)O[C@H]4COC[C@@H]4C)ncc3c(N)c2F)cnc2c1NCCO2.Cl. The quantitative estimate of drug-likeness (QED) is 0.448. The number of carbonyl (C=O) groups is 1. The lowest BCUT2D eigenvalue weighted by atomic mass is 9.95. The molecular weight excluding hydrogens is 477 g/mol. The Bertz CT molecular complexity index is 1270. The Morgan fingerprint density at radius 1 is 1.29 bits per heavy atom. The molecule has 2 atom stereocenters. The first-order valence-electron chi connectivity index (χ1n) is 11.3. The van der Waals surface area contributed by atoms with Crippen LogP contribution in [0.3, 0.4) is 0 Å². The van der Waals surface area contributed by atoms with Crippen LogP contribution in [0.4, 0.5) is 26.4 Å². The van der Waals surface area contributed by atoms with Crippen LogP contribution in [-0.4, -0.2) is 48.5 Å². The van der Waals surface area contributed by atoms with Crippen molar-refractivity contribution < 1.29 is 23.4 Å². The average molecular weight is 504 g/mol. The number of ether oxygens (including phenoxy) is 3. The number of amides is 1. The Balaban J connectivity index is 0.00000289. The standard InChI is InChI=1S/C24H26FN5O4.ClH/c1-3-14-17(9-29-23-22(14)27-4-5-33-23)15-6-13-7-19(28-8-16(13)21(26)20(15)25)30-24(31)34-18-11-32-10-12(18)2;/h6-9,12,18,27H,3-5,10-11,26H2,1-2H3,(H,28,30,31);1H/t12-,18-;/m0./s1. The van der Waals surface area contributed by atoms with Gasteiger partial charge in [0, 0.05) is 41.4 Å². The second kappa shape index (κ2) is 10.1. The molecule has 5 rings (SSSR count). The molecule has 1 aromatic carbocycles. The number of hydrogen-bond acceptors (Lipinski definition) is 8. The monoisotopic (exact) mass is 503 g/mol. The van der Waals surface area contributed by atoms with Crippen LogP contribution in [0.2, 0.25) is 0 Å². The Labute approximate surface area is 208 Å². The molecule has 0 unspecified atom stereocenters. The third-order valence-corrected chi connectivity index (χ3v) is 6.22. The lowest BCUT2D eigenvalue weighted by Crippen LogP contribution is -2.27. The largest absolute Gasteiger partial charge is 0.474 e. The summed E-state index contributed by atoms with van der Waals surface area (Å²) in [6.45, 7) is 6.05. The van der Waals surface area contributed by atoms with Crippen molar-refractivity contribution in [3.8, 4) is 17.0 Å².